The first-order chi connectivity index (χ1) is 10.6. The molecule has 0 bridgehead atoms. The van der Waals surface area contributed by atoms with Gasteiger partial charge in [0, 0.05) is 0 Å². The lowest BCUT2D eigenvalue weighted by Crippen LogP contribution is -2.41. The molecule has 4 heteroatoms. The van der Waals surface area contributed by atoms with Crippen LogP contribution in [0.2, 0.25) is 0 Å². The van der Waals surface area contributed by atoms with Crippen LogP contribution in [0.4, 0.5) is 0 Å². The number of fused-ring (bicyclic) bond motifs is 1. The summed E-state index contributed by atoms with van der Waals surface area (Å²) >= 11 is 0. The van der Waals surface area contributed by atoms with Crippen LogP contribution in [0.1, 0.15) is 31.7 Å². The van der Waals surface area contributed by atoms with Crippen molar-refractivity contribution in [2.24, 2.45) is 0 Å². The van der Waals surface area contributed by atoms with E-state index in [1.165, 1.54) is 0 Å². The highest BCUT2D eigenvalue weighted by Gasteiger charge is 2.19. The molecule has 116 valence electrons. The Morgan fingerprint density at radius 2 is 1.86 bits per heavy atom. The zero-order chi connectivity index (χ0) is 15.9. The van der Waals surface area contributed by atoms with Crippen LogP contribution in [0.15, 0.2) is 42.5 Å². The first kappa shape index (κ1) is 16.0. The Labute approximate surface area is 130 Å². The molecular weight excluding hydrogens is 278 g/mol. The maximum absolute atomic E-state index is 12.2. The summed E-state index contributed by atoms with van der Waals surface area (Å²) in [5, 5.41) is 13.9. The van der Waals surface area contributed by atoms with Crippen molar-refractivity contribution in [3.05, 3.63) is 48.0 Å². The van der Waals surface area contributed by atoms with Crippen molar-refractivity contribution < 1.29 is 14.7 Å². The number of carbonyl (C=O) groups is 2. The van der Waals surface area contributed by atoms with Gasteiger partial charge in [-0.2, -0.15) is 0 Å². The molecule has 0 fully saturated rings. The van der Waals surface area contributed by atoms with Crippen LogP contribution in [0, 0.1) is 0 Å². The van der Waals surface area contributed by atoms with Crippen molar-refractivity contribution in [1.29, 1.82) is 0 Å². The highest BCUT2D eigenvalue weighted by Crippen LogP contribution is 2.19. The first-order valence-corrected chi connectivity index (χ1v) is 7.60. The summed E-state index contributed by atoms with van der Waals surface area (Å²) in [5.74, 6) is -1.22. The van der Waals surface area contributed by atoms with Crippen LogP contribution in [0.25, 0.3) is 10.8 Å². The van der Waals surface area contributed by atoms with Crippen LogP contribution in [0.3, 0.4) is 0 Å². The Morgan fingerprint density at radius 1 is 1.14 bits per heavy atom. The number of benzene rings is 2. The standard InChI is InChI=1S/C18H21NO3/c1-2-3-11-16(18(21)22)19-17(20)12-14-9-6-8-13-7-4-5-10-15(13)14/h4-10,16H,2-3,11-12H2,1H3,(H,19,20)(H,21,22)/t16-/m0/s1. The summed E-state index contributed by atoms with van der Waals surface area (Å²) < 4.78 is 0. The molecule has 22 heavy (non-hydrogen) atoms. The first-order valence-electron chi connectivity index (χ1n) is 7.60. The van der Waals surface area contributed by atoms with Gasteiger partial charge in [0.05, 0.1) is 6.42 Å². The average Bonchev–Trinajstić information content (AvgIpc) is 2.51. The molecule has 0 aliphatic heterocycles. The van der Waals surface area contributed by atoms with Gasteiger partial charge in [-0.1, -0.05) is 62.2 Å². The number of hydrogen-bond acceptors (Lipinski definition) is 2. The summed E-state index contributed by atoms with van der Waals surface area (Å²) in [6, 6.07) is 12.9. The lowest BCUT2D eigenvalue weighted by Gasteiger charge is -2.14. The maximum atomic E-state index is 12.2. The predicted molar refractivity (Wildman–Crippen MR) is 86.7 cm³/mol. The molecule has 0 aliphatic rings. The van der Waals surface area contributed by atoms with Gasteiger partial charge in [-0.05, 0) is 22.8 Å². The van der Waals surface area contributed by atoms with Crippen molar-refractivity contribution in [3.63, 3.8) is 0 Å². The van der Waals surface area contributed by atoms with Gasteiger partial charge in [0.15, 0.2) is 0 Å². The Kier molecular flexibility index (Phi) is 5.53. The third-order valence-corrected chi connectivity index (χ3v) is 3.71. The lowest BCUT2D eigenvalue weighted by molar-refractivity contribution is -0.141. The van der Waals surface area contributed by atoms with E-state index in [0.717, 1.165) is 29.2 Å². The number of carboxylic acids is 1. The second-order valence-electron chi connectivity index (χ2n) is 5.42. The number of rotatable bonds is 7. The highest BCUT2D eigenvalue weighted by atomic mass is 16.4. The van der Waals surface area contributed by atoms with Crippen molar-refractivity contribution in [2.45, 2.75) is 38.6 Å². The minimum atomic E-state index is -0.972. The van der Waals surface area contributed by atoms with Gasteiger partial charge in [-0.3, -0.25) is 4.79 Å². The van der Waals surface area contributed by atoms with E-state index in [-0.39, 0.29) is 12.3 Å². The van der Waals surface area contributed by atoms with E-state index in [1.54, 1.807) is 0 Å². The monoisotopic (exact) mass is 299 g/mol. The van der Waals surface area contributed by atoms with Gasteiger partial charge in [0.25, 0.3) is 0 Å². The van der Waals surface area contributed by atoms with Crippen molar-refractivity contribution in [2.75, 3.05) is 0 Å². The van der Waals surface area contributed by atoms with Crippen LogP contribution in [-0.2, 0) is 16.0 Å². The van der Waals surface area contributed by atoms with E-state index in [9.17, 15) is 14.7 Å². The van der Waals surface area contributed by atoms with Gasteiger partial charge < -0.3 is 10.4 Å². The van der Waals surface area contributed by atoms with Crippen LogP contribution in [-0.4, -0.2) is 23.0 Å². The Morgan fingerprint density at radius 3 is 2.59 bits per heavy atom. The molecule has 0 aromatic heterocycles. The number of amides is 1. The third-order valence-electron chi connectivity index (χ3n) is 3.71. The Hall–Kier alpha value is -2.36. The molecule has 2 rings (SSSR count). The molecule has 0 saturated carbocycles. The van der Waals surface area contributed by atoms with Crippen molar-refractivity contribution in [1.82, 2.24) is 5.32 Å². The van der Waals surface area contributed by atoms with E-state index in [4.69, 9.17) is 0 Å². The highest BCUT2D eigenvalue weighted by molar-refractivity contribution is 5.91. The second kappa shape index (κ2) is 7.59. The van der Waals surface area contributed by atoms with Crippen molar-refractivity contribution in [3.8, 4) is 0 Å². The zero-order valence-electron chi connectivity index (χ0n) is 12.7. The quantitative estimate of drug-likeness (QED) is 0.825. The Bertz CT molecular complexity index is 661. The summed E-state index contributed by atoms with van der Waals surface area (Å²) in [7, 11) is 0. The Balaban J connectivity index is 2.08. The number of hydrogen-bond donors (Lipinski definition) is 2. The predicted octanol–water partition coefficient (Wildman–Crippen LogP) is 3.14. The molecular formula is C18H21NO3. The van der Waals surface area contributed by atoms with Gasteiger partial charge in [0.2, 0.25) is 5.91 Å². The fraction of sp³-hybridized carbons (Fsp3) is 0.333. The largest absolute Gasteiger partial charge is 0.480 e. The molecule has 2 aromatic rings. The summed E-state index contributed by atoms with van der Waals surface area (Å²) in [4.78, 5) is 23.4. The van der Waals surface area contributed by atoms with Gasteiger partial charge >= 0.3 is 5.97 Å². The van der Waals surface area contributed by atoms with E-state index >= 15 is 0 Å². The average molecular weight is 299 g/mol. The summed E-state index contributed by atoms with van der Waals surface area (Å²) in [6.07, 6.45) is 2.35. The normalized spacial score (nSPS) is 12.0. The van der Waals surface area contributed by atoms with E-state index in [1.807, 2.05) is 49.4 Å². The van der Waals surface area contributed by atoms with Gasteiger partial charge in [0.1, 0.15) is 6.04 Å². The zero-order valence-corrected chi connectivity index (χ0v) is 12.7. The minimum absolute atomic E-state index is 0.192. The molecule has 2 N–H and O–H groups in total. The third kappa shape index (κ3) is 4.07. The van der Waals surface area contributed by atoms with Crippen molar-refractivity contribution >= 4 is 22.6 Å². The molecule has 1 atom stereocenters. The van der Waals surface area contributed by atoms with E-state index in [2.05, 4.69) is 5.32 Å². The lowest BCUT2D eigenvalue weighted by atomic mass is 10.0. The number of nitrogens with one attached hydrogen (secondary N) is 1. The molecule has 1 amide bonds. The number of unbranched alkanes of at least 4 members (excludes halogenated alkanes) is 1. The molecule has 0 spiro atoms. The fourth-order valence-corrected chi connectivity index (χ4v) is 2.53. The van der Waals surface area contributed by atoms with Gasteiger partial charge in [-0.25, -0.2) is 4.79 Å². The molecule has 0 unspecified atom stereocenters. The molecule has 4 nitrogen and oxygen atoms in total. The summed E-state index contributed by atoms with van der Waals surface area (Å²) in [6.45, 7) is 2.00. The molecule has 0 heterocycles. The number of carboxylic acid groups (broad SMARTS) is 1. The van der Waals surface area contributed by atoms with Gasteiger partial charge in [-0.15, -0.1) is 0 Å². The smallest absolute Gasteiger partial charge is 0.326 e. The molecule has 0 aliphatic carbocycles. The van der Waals surface area contributed by atoms with E-state index < -0.39 is 12.0 Å². The molecule has 0 radical (unpaired) electrons. The fourth-order valence-electron chi connectivity index (χ4n) is 2.53. The SMILES string of the molecule is CCCC[C@H](NC(=O)Cc1cccc2ccccc12)C(=O)O. The number of carbonyl (C=O) groups excluding carboxylic acids is 1. The van der Waals surface area contributed by atoms with Crippen LogP contribution in [0.5, 0.6) is 0 Å². The molecule has 2 aromatic carbocycles. The van der Waals surface area contributed by atoms with Crippen LogP contribution < -0.4 is 5.32 Å². The molecule has 0 saturated heterocycles. The minimum Gasteiger partial charge on any atom is -0.480 e. The summed E-state index contributed by atoms with van der Waals surface area (Å²) in [5.41, 5.74) is 0.912. The second-order valence-corrected chi connectivity index (χ2v) is 5.42. The van der Waals surface area contributed by atoms with Crippen LogP contribution >= 0.6 is 0 Å². The maximum Gasteiger partial charge on any atom is 0.326 e. The van der Waals surface area contributed by atoms with E-state index in [0.29, 0.717) is 6.42 Å². The number of aliphatic carboxylic acids is 1. The topological polar surface area (TPSA) is 66.4 Å².